The van der Waals surface area contributed by atoms with Gasteiger partial charge in [0, 0.05) is 18.7 Å². The monoisotopic (exact) mass is 364 g/mol. The van der Waals surface area contributed by atoms with Gasteiger partial charge in [0.05, 0.1) is 19.9 Å². The van der Waals surface area contributed by atoms with Gasteiger partial charge in [0.15, 0.2) is 0 Å². The van der Waals surface area contributed by atoms with E-state index in [0.717, 1.165) is 17.3 Å². The van der Waals surface area contributed by atoms with E-state index < -0.39 is 0 Å². The molecule has 140 valence electrons. The Bertz CT molecular complexity index is 928. The molecule has 2 N–H and O–H groups in total. The van der Waals surface area contributed by atoms with E-state index in [1.165, 1.54) is 11.1 Å². The minimum absolute atomic E-state index is 0.680. The molecule has 6 heteroatoms. The van der Waals surface area contributed by atoms with Gasteiger partial charge in [-0.05, 0) is 37.1 Å². The molecule has 0 radical (unpaired) electrons. The van der Waals surface area contributed by atoms with Gasteiger partial charge in [-0.1, -0.05) is 24.3 Å². The van der Waals surface area contributed by atoms with Crippen molar-refractivity contribution >= 4 is 17.3 Å². The highest BCUT2D eigenvalue weighted by molar-refractivity contribution is 5.67. The molecule has 1 heterocycles. The van der Waals surface area contributed by atoms with E-state index in [0.29, 0.717) is 23.9 Å². The number of rotatable bonds is 7. The number of methoxy groups -OCH3 is 2. The predicted molar refractivity (Wildman–Crippen MR) is 108 cm³/mol. The molecule has 0 saturated heterocycles. The van der Waals surface area contributed by atoms with Crippen molar-refractivity contribution in [2.45, 2.75) is 20.4 Å². The quantitative estimate of drug-likeness (QED) is 0.645. The first-order valence-electron chi connectivity index (χ1n) is 8.72. The second kappa shape index (κ2) is 8.40. The SMILES string of the molecule is COc1ccc(Nc2cc(NCc3ccccc3C)nc(C)n2)c(OC)c1. The number of hydrogen-bond acceptors (Lipinski definition) is 6. The highest BCUT2D eigenvalue weighted by Gasteiger charge is 2.08. The Morgan fingerprint density at radius 2 is 1.67 bits per heavy atom. The first-order valence-corrected chi connectivity index (χ1v) is 8.72. The Kier molecular flexibility index (Phi) is 5.76. The number of nitrogens with zero attached hydrogens (tertiary/aromatic N) is 2. The van der Waals surface area contributed by atoms with E-state index in [-0.39, 0.29) is 0 Å². The van der Waals surface area contributed by atoms with Gasteiger partial charge in [-0.15, -0.1) is 0 Å². The number of aromatic nitrogens is 2. The fourth-order valence-corrected chi connectivity index (χ4v) is 2.76. The Labute approximate surface area is 159 Å². The summed E-state index contributed by atoms with van der Waals surface area (Å²) in [6, 6.07) is 15.8. The van der Waals surface area contributed by atoms with Crippen molar-refractivity contribution in [1.29, 1.82) is 0 Å². The molecular weight excluding hydrogens is 340 g/mol. The molecular formula is C21H24N4O2. The van der Waals surface area contributed by atoms with Crippen LogP contribution in [0.4, 0.5) is 17.3 Å². The molecule has 0 bridgehead atoms. The van der Waals surface area contributed by atoms with Crippen LogP contribution in [0.3, 0.4) is 0 Å². The normalized spacial score (nSPS) is 10.4. The molecule has 0 spiro atoms. The van der Waals surface area contributed by atoms with Gasteiger partial charge in [-0.2, -0.15) is 0 Å². The predicted octanol–water partition coefficient (Wildman–Crippen LogP) is 4.47. The maximum atomic E-state index is 5.44. The number of aryl methyl sites for hydroxylation is 2. The molecule has 27 heavy (non-hydrogen) atoms. The highest BCUT2D eigenvalue weighted by atomic mass is 16.5. The van der Waals surface area contributed by atoms with Crippen LogP contribution >= 0.6 is 0 Å². The molecule has 3 aromatic rings. The number of anilines is 3. The molecule has 1 aromatic heterocycles. The van der Waals surface area contributed by atoms with E-state index in [1.807, 2.05) is 43.3 Å². The minimum atomic E-state index is 0.680. The van der Waals surface area contributed by atoms with E-state index in [9.17, 15) is 0 Å². The maximum absolute atomic E-state index is 5.44. The lowest BCUT2D eigenvalue weighted by atomic mass is 10.1. The molecule has 0 unspecified atom stereocenters. The van der Waals surface area contributed by atoms with E-state index in [2.05, 4.69) is 39.7 Å². The van der Waals surface area contributed by atoms with Gasteiger partial charge in [-0.25, -0.2) is 9.97 Å². The van der Waals surface area contributed by atoms with E-state index in [4.69, 9.17) is 9.47 Å². The fourth-order valence-electron chi connectivity index (χ4n) is 2.76. The summed E-state index contributed by atoms with van der Waals surface area (Å²) in [7, 11) is 3.25. The lowest BCUT2D eigenvalue weighted by Crippen LogP contribution is -2.06. The molecule has 0 saturated carbocycles. The summed E-state index contributed by atoms with van der Waals surface area (Å²) in [6.07, 6.45) is 0. The smallest absolute Gasteiger partial charge is 0.146 e. The van der Waals surface area contributed by atoms with Crippen LogP contribution < -0.4 is 20.1 Å². The third kappa shape index (κ3) is 4.67. The van der Waals surface area contributed by atoms with Crippen LogP contribution in [-0.2, 0) is 6.54 Å². The molecule has 0 amide bonds. The molecule has 3 rings (SSSR count). The van der Waals surface area contributed by atoms with Crippen LogP contribution in [0, 0.1) is 13.8 Å². The van der Waals surface area contributed by atoms with Crippen molar-refractivity contribution in [3.8, 4) is 11.5 Å². The Balaban J connectivity index is 1.78. The molecule has 0 aliphatic rings. The van der Waals surface area contributed by atoms with Crippen molar-refractivity contribution in [2.24, 2.45) is 0 Å². The number of benzene rings is 2. The molecule has 2 aromatic carbocycles. The zero-order valence-corrected chi connectivity index (χ0v) is 16.0. The molecule has 0 aliphatic carbocycles. The zero-order chi connectivity index (χ0) is 19.2. The van der Waals surface area contributed by atoms with Gasteiger partial charge in [0.2, 0.25) is 0 Å². The van der Waals surface area contributed by atoms with Crippen molar-refractivity contribution in [1.82, 2.24) is 9.97 Å². The lowest BCUT2D eigenvalue weighted by molar-refractivity contribution is 0.395. The Hall–Kier alpha value is -3.28. The van der Waals surface area contributed by atoms with E-state index in [1.54, 1.807) is 14.2 Å². The molecule has 0 atom stereocenters. The largest absolute Gasteiger partial charge is 0.497 e. The van der Waals surface area contributed by atoms with Crippen LogP contribution in [0.25, 0.3) is 0 Å². The van der Waals surface area contributed by atoms with Crippen molar-refractivity contribution < 1.29 is 9.47 Å². The van der Waals surface area contributed by atoms with Gasteiger partial charge in [0.1, 0.15) is 29.0 Å². The summed E-state index contributed by atoms with van der Waals surface area (Å²) in [5.41, 5.74) is 3.29. The second-order valence-electron chi connectivity index (χ2n) is 6.16. The van der Waals surface area contributed by atoms with Gasteiger partial charge in [0.25, 0.3) is 0 Å². The van der Waals surface area contributed by atoms with Crippen LogP contribution in [0.15, 0.2) is 48.5 Å². The van der Waals surface area contributed by atoms with Gasteiger partial charge >= 0.3 is 0 Å². The Morgan fingerprint density at radius 1 is 0.889 bits per heavy atom. The number of ether oxygens (including phenoxy) is 2. The summed E-state index contributed by atoms with van der Waals surface area (Å²) in [5.74, 6) is 3.55. The molecule has 6 nitrogen and oxygen atoms in total. The zero-order valence-electron chi connectivity index (χ0n) is 16.0. The fraction of sp³-hybridized carbons (Fsp3) is 0.238. The summed E-state index contributed by atoms with van der Waals surface area (Å²) >= 11 is 0. The van der Waals surface area contributed by atoms with Crippen molar-refractivity contribution in [3.05, 3.63) is 65.5 Å². The lowest BCUT2D eigenvalue weighted by Gasteiger charge is -2.14. The average molecular weight is 364 g/mol. The number of hydrogen-bond donors (Lipinski definition) is 2. The van der Waals surface area contributed by atoms with Crippen molar-refractivity contribution in [3.63, 3.8) is 0 Å². The van der Waals surface area contributed by atoms with Gasteiger partial charge < -0.3 is 20.1 Å². The molecule has 0 aliphatic heterocycles. The third-order valence-corrected chi connectivity index (χ3v) is 4.23. The summed E-state index contributed by atoms with van der Waals surface area (Å²) in [4.78, 5) is 8.95. The van der Waals surface area contributed by atoms with Crippen LogP contribution in [0.2, 0.25) is 0 Å². The topological polar surface area (TPSA) is 68.3 Å². The van der Waals surface area contributed by atoms with Crippen LogP contribution in [-0.4, -0.2) is 24.2 Å². The van der Waals surface area contributed by atoms with Crippen molar-refractivity contribution in [2.75, 3.05) is 24.9 Å². The third-order valence-electron chi connectivity index (χ3n) is 4.23. The number of nitrogens with one attached hydrogen (secondary N) is 2. The Morgan fingerprint density at radius 3 is 2.41 bits per heavy atom. The standard InChI is InChI=1S/C21H24N4O2/c1-14-7-5-6-8-16(14)13-22-20-12-21(24-15(2)23-20)25-18-10-9-17(26-3)11-19(18)27-4/h5-12H,13H2,1-4H3,(H2,22,23,24,25). The first kappa shape index (κ1) is 18.5. The first-order chi connectivity index (χ1) is 13.1. The molecule has 0 fully saturated rings. The van der Waals surface area contributed by atoms with Crippen LogP contribution in [0.5, 0.6) is 11.5 Å². The van der Waals surface area contributed by atoms with Crippen LogP contribution in [0.1, 0.15) is 17.0 Å². The summed E-state index contributed by atoms with van der Waals surface area (Å²) in [5, 5.41) is 6.67. The highest BCUT2D eigenvalue weighted by Crippen LogP contribution is 2.31. The second-order valence-corrected chi connectivity index (χ2v) is 6.16. The van der Waals surface area contributed by atoms with Gasteiger partial charge in [-0.3, -0.25) is 0 Å². The average Bonchev–Trinajstić information content (AvgIpc) is 2.67. The maximum Gasteiger partial charge on any atom is 0.146 e. The summed E-state index contributed by atoms with van der Waals surface area (Å²) < 4.78 is 10.7. The minimum Gasteiger partial charge on any atom is -0.497 e. The summed E-state index contributed by atoms with van der Waals surface area (Å²) in [6.45, 7) is 4.68. The van der Waals surface area contributed by atoms with E-state index >= 15 is 0 Å².